The molecule has 0 radical (unpaired) electrons. The summed E-state index contributed by atoms with van der Waals surface area (Å²) in [6.45, 7) is 3.88. The monoisotopic (exact) mass is 365 g/mol. The van der Waals surface area contributed by atoms with Crippen LogP contribution < -0.4 is 14.4 Å². The maximum absolute atomic E-state index is 12.9. The first-order chi connectivity index (χ1) is 13.0. The number of benzene rings is 2. The molecule has 1 heterocycles. The number of hydrogen-bond donors (Lipinski definition) is 0. The van der Waals surface area contributed by atoms with Gasteiger partial charge in [0.05, 0.1) is 30.0 Å². The van der Waals surface area contributed by atoms with Gasteiger partial charge >= 0.3 is 0 Å². The minimum Gasteiger partial charge on any atom is -0.493 e. The minimum absolute atomic E-state index is 0.154. The van der Waals surface area contributed by atoms with Crippen molar-refractivity contribution in [3.8, 4) is 11.5 Å². The highest BCUT2D eigenvalue weighted by Crippen LogP contribution is 2.37. The lowest BCUT2D eigenvalue weighted by Gasteiger charge is -2.19. The summed E-state index contributed by atoms with van der Waals surface area (Å²) >= 11 is 0. The molecule has 1 saturated carbocycles. The second kappa shape index (κ2) is 6.72. The van der Waals surface area contributed by atoms with Crippen LogP contribution >= 0.6 is 0 Å². The zero-order chi connectivity index (χ0) is 19.1. The number of carbonyl (C=O) groups is 2. The molecule has 1 aliphatic heterocycles. The lowest BCUT2D eigenvalue weighted by Crippen LogP contribution is -2.29. The molecule has 0 aromatic heterocycles. The van der Waals surface area contributed by atoms with Gasteiger partial charge in [0.15, 0.2) is 11.5 Å². The molecule has 2 aliphatic rings. The van der Waals surface area contributed by atoms with Crippen LogP contribution in [0.5, 0.6) is 11.5 Å². The van der Waals surface area contributed by atoms with Crippen molar-refractivity contribution >= 4 is 17.5 Å². The zero-order valence-electron chi connectivity index (χ0n) is 15.9. The van der Waals surface area contributed by atoms with E-state index in [-0.39, 0.29) is 17.9 Å². The molecule has 1 fully saturated rings. The molecular weight excluding hydrogens is 342 g/mol. The highest BCUT2D eigenvalue weighted by atomic mass is 16.5. The average molecular weight is 365 g/mol. The number of aryl methyl sites for hydroxylation is 2. The Morgan fingerprint density at radius 1 is 0.889 bits per heavy atom. The molecule has 5 heteroatoms. The van der Waals surface area contributed by atoms with E-state index in [1.165, 1.54) is 4.90 Å². The van der Waals surface area contributed by atoms with E-state index in [0.29, 0.717) is 28.3 Å². The van der Waals surface area contributed by atoms with Crippen molar-refractivity contribution in [3.05, 3.63) is 52.6 Å². The molecule has 0 unspecified atom stereocenters. The Bertz CT molecular complexity index is 887. The minimum atomic E-state index is -0.296. The normalized spacial score (nSPS) is 16.8. The summed E-state index contributed by atoms with van der Waals surface area (Å²) in [4.78, 5) is 27.1. The van der Waals surface area contributed by atoms with Gasteiger partial charge in [-0.25, -0.2) is 4.90 Å². The van der Waals surface area contributed by atoms with Crippen LogP contribution in [0.2, 0.25) is 0 Å². The Kier molecular flexibility index (Phi) is 4.38. The molecule has 2 aromatic rings. The topological polar surface area (TPSA) is 55.8 Å². The molecule has 0 saturated heterocycles. The number of amides is 2. The molecule has 27 heavy (non-hydrogen) atoms. The fourth-order valence-electron chi connectivity index (χ4n) is 3.82. The molecule has 0 N–H and O–H groups in total. The highest BCUT2D eigenvalue weighted by molar-refractivity contribution is 6.34. The van der Waals surface area contributed by atoms with Gasteiger partial charge in [-0.15, -0.1) is 0 Å². The van der Waals surface area contributed by atoms with Crippen LogP contribution in [0.1, 0.15) is 57.5 Å². The van der Waals surface area contributed by atoms with Crippen molar-refractivity contribution in [2.24, 2.45) is 0 Å². The van der Waals surface area contributed by atoms with E-state index >= 15 is 0 Å². The summed E-state index contributed by atoms with van der Waals surface area (Å²) in [5.41, 5.74) is 3.41. The quantitative estimate of drug-likeness (QED) is 0.752. The fraction of sp³-hybridized carbons (Fsp3) is 0.364. The molecule has 0 spiro atoms. The Hall–Kier alpha value is -2.82. The zero-order valence-corrected chi connectivity index (χ0v) is 15.9. The number of anilines is 1. The van der Waals surface area contributed by atoms with E-state index in [9.17, 15) is 9.59 Å². The number of rotatable bonds is 4. The molecule has 4 rings (SSSR count). The van der Waals surface area contributed by atoms with Gasteiger partial charge in [-0.3, -0.25) is 9.59 Å². The second-order valence-corrected chi connectivity index (χ2v) is 7.29. The molecule has 1 aliphatic carbocycles. The number of carbonyl (C=O) groups excluding carboxylic acids is 2. The average Bonchev–Trinajstić information content (AvgIpc) is 3.24. The van der Waals surface area contributed by atoms with Gasteiger partial charge in [0.2, 0.25) is 0 Å². The fourth-order valence-corrected chi connectivity index (χ4v) is 3.82. The number of ether oxygens (including phenoxy) is 2. The Labute approximate surface area is 158 Å². The van der Waals surface area contributed by atoms with Crippen LogP contribution in [0, 0.1) is 13.8 Å². The maximum atomic E-state index is 12.9. The lowest BCUT2D eigenvalue weighted by molar-refractivity contribution is 0.0926. The molecule has 5 nitrogen and oxygen atoms in total. The van der Waals surface area contributed by atoms with E-state index in [2.05, 4.69) is 0 Å². The van der Waals surface area contributed by atoms with Gasteiger partial charge in [-0.05, 0) is 74.9 Å². The number of methoxy groups -OCH3 is 1. The van der Waals surface area contributed by atoms with Crippen molar-refractivity contribution in [3.63, 3.8) is 0 Å². The number of hydrogen-bond acceptors (Lipinski definition) is 4. The van der Waals surface area contributed by atoms with Crippen molar-refractivity contribution in [2.75, 3.05) is 12.0 Å². The van der Waals surface area contributed by atoms with Gasteiger partial charge in [0.25, 0.3) is 11.8 Å². The van der Waals surface area contributed by atoms with E-state index in [4.69, 9.17) is 9.47 Å². The number of nitrogens with zero attached hydrogens (tertiary/aromatic N) is 1. The molecule has 0 bridgehead atoms. The van der Waals surface area contributed by atoms with Crippen molar-refractivity contribution < 1.29 is 19.1 Å². The number of fused-ring (bicyclic) bond motifs is 1. The predicted octanol–water partition coefficient (Wildman–Crippen LogP) is 4.43. The summed E-state index contributed by atoms with van der Waals surface area (Å²) in [5, 5.41) is 0. The van der Waals surface area contributed by atoms with E-state index < -0.39 is 0 Å². The largest absolute Gasteiger partial charge is 0.493 e. The Morgan fingerprint density at radius 2 is 1.48 bits per heavy atom. The smallest absolute Gasteiger partial charge is 0.266 e. The van der Waals surface area contributed by atoms with Crippen LogP contribution in [-0.4, -0.2) is 25.0 Å². The van der Waals surface area contributed by atoms with Crippen LogP contribution in [0.3, 0.4) is 0 Å². The van der Waals surface area contributed by atoms with Crippen LogP contribution in [0.15, 0.2) is 30.3 Å². The van der Waals surface area contributed by atoms with Crippen LogP contribution in [-0.2, 0) is 0 Å². The SMILES string of the molecule is COc1ccc(N2C(=O)c3cc(C)c(C)cc3C2=O)cc1OC1CCCC1. The standard InChI is InChI=1S/C22H23NO4/c1-13-10-17-18(11-14(13)2)22(25)23(21(17)24)15-8-9-19(26-3)20(12-15)27-16-6-4-5-7-16/h8-12,16H,4-7H2,1-3H3. The first kappa shape index (κ1) is 17.6. The summed E-state index contributed by atoms with van der Waals surface area (Å²) in [6, 6.07) is 8.80. The first-order valence-electron chi connectivity index (χ1n) is 9.34. The van der Waals surface area contributed by atoms with Gasteiger partial charge < -0.3 is 9.47 Å². The maximum Gasteiger partial charge on any atom is 0.266 e. The van der Waals surface area contributed by atoms with Gasteiger partial charge in [-0.2, -0.15) is 0 Å². The van der Waals surface area contributed by atoms with E-state index in [1.54, 1.807) is 37.4 Å². The third-order valence-electron chi connectivity index (χ3n) is 5.50. The molecule has 0 atom stereocenters. The molecular formula is C22H23NO4. The summed E-state index contributed by atoms with van der Waals surface area (Å²) in [5.74, 6) is 0.588. The van der Waals surface area contributed by atoms with Crippen molar-refractivity contribution in [1.29, 1.82) is 0 Å². The third kappa shape index (κ3) is 2.97. The molecule has 2 amide bonds. The van der Waals surface area contributed by atoms with E-state index in [1.807, 2.05) is 13.8 Å². The van der Waals surface area contributed by atoms with E-state index in [0.717, 1.165) is 36.8 Å². The number of imide groups is 1. The highest BCUT2D eigenvalue weighted by Gasteiger charge is 2.37. The summed E-state index contributed by atoms with van der Waals surface area (Å²) in [7, 11) is 1.59. The van der Waals surface area contributed by atoms with Crippen molar-refractivity contribution in [1.82, 2.24) is 0 Å². The summed E-state index contributed by atoms with van der Waals surface area (Å²) in [6.07, 6.45) is 4.49. The lowest BCUT2D eigenvalue weighted by atomic mass is 10.0. The predicted molar refractivity (Wildman–Crippen MR) is 103 cm³/mol. The molecule has 2 aromatic carbocycles. The van der Waals surface area contributed by atoms with Gasteiger partial charge in [0, 0.05) is 6.07 Å². The third-order valence-corrected chi connectivity index (χ3v) is 5.50. The Balaban J connectivity index is 1.71. The van der Waals surface area contributed by atoms with Gasteiger partial charge in [-0.1, -0.05) is 0 Å². The first-order valence-corrected chi connectivity index (χ1v) is 9.34. The second-order valence-electron chi connectivity index (χ2n) is 7.29. The van der Waals surface area contributed by atoms with Crippen LogP contribution in [0.25, 0.3) is 0 Å². The summed E-state index contributed by atoms with van der Waals surface area (Å²) < 4.78 is 11.5. The Morgan fingerprint density at radius 3 is 2.04 bits per heavy atom. The van der Waals surface area contributed by atoms with Gasteiger partial charge in [0.1, 0.15) is 0 Å². The van der Waals surface area contributed by atoms with Crippen molar-refractivity contribution in [2.45, 2.75) is 45.6 Å². The molecule has 140 valence electrons. The van der Waals surface area contributed by atoms with Crippen LogP contribution in [0.4, 0.5) is 5.69 Å².